The van der Waals surface area contributed by atoms with E-state index in [0.29, 0.717) is 46.6 Å². The molecule has 0 spiro atoms. The van der Waals surface area contributed by atoms with Crippen molar-refractivity contribution in [3.8, 4) is 5.75 Å². The maximum atomic E-state index is 14.0. The molecule has 1 atom stereocenters. The van der Waals surface area contributed by atoms with E-state index in [2.05, 4.69) is 5.32 Å². The third-order valence-corrected chi connectivity index (χ3v) is 8.93. The molecular weight excluding hydrogens is 585 g/mol. The van der Waals surface area contributed by atoms with Gasteiger partial charge in [0.2, 0.25) is 11.8 Å². The highest BCUT2D eigenvalue weighted by molar-refractivity contribution is 7.92. The lowest BCUT2D eigenvalue weighted by molar-refractivity contribution is -0.139. The second-order valence-corrected chi connectivity index (χ2v) is 12.1. The van der Waals surface area contributed by atoms with Crippen molar-refractivity contribution in [2.75, 3.05) is 24.0 Å². The zero-order valence-corrected chi connectivity index (χ0v) is 25.9. The first-order valence-corrected chi connectivity index (χ1v) is 15.5. The molecule has 0 aliphatic carbocycles. The average Bonchev–Trinajstić information content (AvgIpc) is 2.95. The lowest BCUT2D eigenvalue weighted by Crippen LogP contribution is -2.51. The average molecular weight is 621 g/mol. The van der Waals surface area contributed by atoms with Gasteiger partial charge in [-0.05, 0) is 75.7 Å². The van der Waals surface area contributed by atoms with Crippen molar-refractivity contribution in [1.29, 1.82) is 0 Å². The number of ether oxygens (including phenoxy) is 1. The lowest BCUT2D eigenvalue weighted by Gasteiger charge is -2.32. The molecule has 3 rings (SSSR count). The molecule has 0 aliphatic heterocycles. The molecule has 0 bridgehead atoms. The van der Waals surface area contributed by atoms with Crippen molar-refractivity contribution in [2.24, 2.45) is 0 Å². The van der Waals surface area contributed by atoms with E-state index in [1.54, 1.807) is 61.5 Å². The molecule has 0 saturated heterocycles. The van der Waals surface area contributed by atoms with Crippen LogP contribution in [0.2, 0.25) is 10.0 Å². The maximum absolute atomic E-state index is 14.0. The number of carbonyl (C=O) groups excluding carboxylic acids is 2. The van der Waals surface area contributed by atoms with E-state index in [9.17, 15) is 18.0 Å². The zero-order valence-electron chi connectivity index (χ0n) is 23.6. The molecular formula is C30H35Cl2N3O5S. The Hall–Kier alpha value is -3.27. The topological polar surface area (TPSA) is 96.0 Å². The fraction of sp³-hybridized carbons (Fsp3) is 0.333. The van der Waals surface area contributed by atoms with Crippen LogP contribution < -0.4 is 14.4 Å². The third kappa shape index (κ3) is 8.15. The van der Waals surface area contributed by atoms with Gasteiger partial charge in [-0.3, -0.25) is 13.9 Å². The molecule has 0 aromatic heterocycles. The summed E-state index contributed by atoms with van der Waals surface area (Å²) in [4.78, 5) is 28.3. The first-order chi connectivity index (χ1) is 19.5. The van der Waals surface area contributed by atoms with Gasteiger partial charge >= 0.3 is 0 Å². The highest BCUT2D eigenvalue weighted by atomic mass is 35.5. The van der Waals surface area contributed by atoms with Crippen molar-refractivity contribution in [2.45, 2.75) is 51.6 Å². The Morgan fingerprint density at radius 2 is 1.56 bits per heavy atom. The molecule has 11 heteroatoms. The van der Waals surface area contributed by atoms with Crippen LogP contribution in [0, 0.1) is 6.92 Å². The Morgan fingerprint density at radius 3 is 2.12 bits per heavy atom. The van der Waals surface area contributed by atoms with Crippen LogP contribution in [0.3, 0.4) is 0 Å². The van der Waals surface area contributed by atoms with Crippen LogP contribution >= 0.6 is 23.2 Å². The smallest absolute Gasteiger partial charge is 0.264 e. The van der Waals surface area contributed by atoms with Crippen molar-refractivity contribution in [3.05, 3.63) is 87.9 Å². The summed E-state index contributed by atoms with van der Waals surface area (Å²) in [5, 5.41) is 3.46. The number of benzene rings is 3. The van der Waals surface area contributed by atoms with Crippen molar-refractivity contribution >= 4 is 50.7 Å². The third-order valence-electron chi connectivity index (χ3n) is 6.43. The number of carbonyl (C=O) groups is 2. The number of hydrogen-bond donors (Lipinski definition) is 1. The molecule has 3 aromatic carbocycles. The highest BCUT2D eigenvalue weighted by Gasteiger charge is 2.33. The van der Waals surface area contributed by atoms with Gasteiger partial charge in [-0.1, -0.05) is 53.9 Å². The van der Waals surface area contributed by atoms with Crippen LogP contribution in [0.5, 0.6) is 5.75 Å². The monoisotopic (exact) mass is 619 g/mol. The van der Waals surface area contributed by atoms with Gasteiger partial charge in [-0.25, -0.2) is 8.42 Å². The van der Waals surface area contributed by atoms with Crippen LogP contribution in [0.15, 0.2) is 71.6 Å². The molecule has 0 radical (unpaired) electrons. The van der Waals surface area contributed by atoms with Crippen molar-refractivity contribution in [3.63, 3.8) is 0 Å². The SMILES string of the molecule is CCCNC(=O)[C@H](C)N(Cc1c(Cl)cccc1Cl)C(=O)CN(c1ccc(C)cc1)S(=O)(=O)c1ccc(OCC)cc1. The number of nitrogens with zero attached hydrogens (tertiary/aromatic N) is 2. The normalized spacial score (nSPS) is 12.0. The number of nitrogens with one attached hydrogen (secondary N) is 1. The summed E-state index contributed by atoms with van der Waals surface area (Å²) in [7, 11) is -4.20. The molecule has 0 heterocycles. The van der Waals surface area contributed by atoms with Crippen molar-refractivity contribution in [1.82, 2.24) is 10.2 Å². The van der Waals surface area contributed by atoms with E-state index in [1.165, 1.54) is 17.0 Å². The Kier molecular flexibility index (Phi) is 11.5. The summed E-state index contributed by atoms with van der Waals surface area (Å²) in [6.45, 7) is 7.43. The number of aryl methyl sites for hydroxylation is 1. The largest absolute Gasteiger partial charge is 0.494 e. The number of halogens is 2. The van der Waals surface area contributed by atoms with Crippen LogP contribution in [-0.2, 0) is 26.2 Å². The van der Waals surface area contributed by atoms with E-state index in [-0.39, 0.29) is 17.3 Å². The molecule has 1 N–H and O–H groups in total. The van der Waals surface area contributed by atoms with Gasteiger partial charge < -0.3 is 15.0 Å². The Bertz CT molecular complexity index is 1430. The maximum Gasteiger partial charge on any atom is 0.264 e. The second-order valence-electron chi connectivity index (χ2n) is 9.44. The minimum atomic E-state index is -4.20. The summed E-state index contributed by atoms with van der Waals surface area (Å²) in [6.07, 6.45) is 0.713. The van der Waals surface area contributed by atoms with Crippen molar-refractivity contribution < 1.29 is 22.7 Å². The van der Waals surface area contributed by atoms with E-state index >= 15 is 0 Å². The quantitative estimate of drug-likeness (QED) is 0.259. The van der Waals surface area contributed by atoms with Crippen LogP contribution in [0.1, 0.15) is 38.3 Å². The van der Waals surface area contributed by atoms with Crippen LogP contribution in [0.25, 0.3) is 0 Å². The summed E-state index contributed by atoms with van der Waals surface area (Å²) in [6, 6.07) is 16.9. The van der Waals surface area contributed by atoms with Gasteiger partial charge in [0.25, 0.3) is 10.0 Å². The Labute approximate surface area is 252 Å². The number of hydrogen-bond acceptors (Lipinski definition) is 5. The van der Waals surface area contributed by atoms with E-state index in [4.69, 9.17) is 27.9 Å². The van der Waals surface area contributed by atoms with E-state index in [0.717, 1.165) is 9.87 Å². The molecule has 41 heavy (non-hydrogen) atoms. The number of rotatable bonds is 13. The summed E-state index contributed by atoms with van der Waals surface area (Å²) < 4.78 is 34.4. The van der Waals surface area contributed by atoms with Gasteiger partial charge in [-0.2, -0.15) is 0 Å². The standard InChI is InChI=1S/C30H35Cl2N3O5S/c1-5-18-33-30(37)22(4)34(19-26-27(31)8-7-9-28(26)32)29(36)20-35(23-12-10-21(3)11-13-23)41(38,39)25-16-14-24(15-17-25)40-6-2/h7-17,22H,5-6,18-20H2,1-4H3,(H,33,37)/t22-/m0/s1. The van der Waals surface area contributed by atoms with Gasteiger partial charge in [0.1, 0.15) is 18.3 Å². The predicted molar refractivity (Wildman–Crippen MR) is 163 cm³/mol. The molecule has 0 aliphatic rings. The zero-order chi connectivity index (χ0) is 30.2. The summed E-state index contributed by atoms with van der Waals surface area (Å²) >= 11 is 12.8. The van der Waals surface area contributed by atoms with E-state index in [1.807, 2.05) is 20.8 Å². The minimum absolute atomic E-state index is 0.0104. The van der Waals surface area contributed by atoms with Gasteiger partial charge in [0, 0.05) is 28.7 Å². The molecule has 2 amide bonds. The first-order valence-electron chi connectivity index (χ1n) is 13.3. The second kappa shape index (κ2) is 14.6. The fourth-order valence-electron chi connectivity index (χ4n) is 4.07. The molecule has 8 nitrogen and oxygen atoms in total. The molecule has 0 unspecified atom stereocenters. The highest BCUT2D eigenvalue weighted by Crippen LogP contribution is 2.29. The van der Waals surface area contributed by atoms with Crippen LogP contribution in [0.4, 0.5) is 5.69 Å². The lowest BCUT2D eigenvalue weighted by atomic mass is 10.1. The number of sulfonamides is 1. The summed E-state index contributed by atoms with van der Waals surface area (Å²) in [5.74, 6) is -0.450. The Balaban J connectivity index is 2.04. The number of anilines is 1. The van der Waals surface area contributed by atoms with E-state index < -0.39 is 28.5 Å². The van der Waals surface area contributed by atoms with Gasteiger partial charge in [-0.15, -0.1) is 0 Å². The minimum Gasteiger partial charge on any atom is -0.494 e. The van der Waals surface area contributed by atoms with Gasteiger partial charge in [0.05, 0.1) is 17.2 Å². The summed E-state index contributed by atoms with van der Waals surface area (Å²) in [5.41, 5.74) is 1.68. The molecule has 220 valence electrons. The Morgan fingerprint density at radius 1 is 0.951 bits per heavy atom. The fourth-order valence-corrected chi connectivity index (χ4v) is 6.00. The van der Waals surface area contributed by atoms with Crippen LogP contribution in [-0.4, -0.2) is 50.9 Å². The predicted octanol–water partition coefficient (Wildman–Crippen LogP) is 5.84. The molecule has 0 fully saturated rings. The first kappa shape index (κ1) is 32.2. The molecule has 0 saturated carbocycles. The molecule has 3 aromatic rings. The van der Waals surface area contributed by atoms with Gasteiger partial charge in [0.15, 0.2) is 0 Å². The number of amides is 2.